The third-order valence-electron chi connectivity index (χ3n) is 7.70. The molecule has 1 aliphatic rings. The number of aromatic nitrogens is 6. The summed E-state index contributed by atoms with van der Waals surface area (Å²) < 4.78 is 45.5. The number of hydrogen-bond donors (Lipinski definition) is 2. The van der Waals surface area contributed by atoms with Gasteiger partial charge in [0.05, 0.1) is 36.1 Å². The molecule has 5 rings (SSSR count). The van der Waals surface area contributed by atoms with E-state index in [2.05, 4.69) is 9.97 Å². The SMILES string of the molecule is Cn1c(=O)c2c(ncn2[C@@H]2C[C@@H](O)CN(C(=O)CCCn3c(C(F)(F)F)nc4ccccc43)C[C@@]2(C)O)n(C)c1=O. The van der Waals surface area contributed by atoms with Crippen molar-refractivity contribution in [1.82, 2.24) is 33.1 Å². The van der Waals surface area contributed by atoms with Crippen LogP contribution in [0.25, 0.3) is 22.2 Å². The van der Waals surface area contributed by atoms with Crippen LogP contribution >= 0.6 is 0 Å². The average Bonchev–Trinajstić information content (AvgIpc) is 3.48. The average molecular weight is 578 g/mol. The molecule has 0 bridgehead atoms. The van der Waals surface area contributed by atoms with Gasteiger partial charge in [0, 0.05) is 33.6 Å². The molecule has 41 heavy (non-hydrogen) atoms. The lowest BCUT2D eigenvalue weighted by atomic mass is 9.92. The molecule has 1 aliphatic heterocycles. The molecule has 1 fully saturated rings. The first-order valence-corrected chi connectivity index (χ1v) is 13.0. The molecule has 0 saturated carbocycles. The summed E-state index contributed by atoms with van der Waals surface area (Å²) in [6, 6.07) is 5.35. The maximum absolute atomic E-state index is 13.6. The number of likely N-dealkylation sites (tertiary alicyclic amines) is 1. The first-order chi connectivity index (χ1) is 19.2. The van der Waals surface area contributed by atoms with E-state index in [-0.39, 0.29) is 55.6 Å². The molecule has 1 aromatic carbocycles. The fourth-order valence-corrected chi connectivity index (χ4v) is 5.67. The Kier molecular flexibility index (Phi) is 7.06. The van der Waals surface area contributed by atoms with E-state index in [1.165, 1.54) is 53.5 Å². The molecule has 3 atom stereocenters. The summed E-state index contributed by atoms with van der Waals surface area (Å²) in [7, 11) is 2.79. The largest absolute Gasteiger partial charge is 0.449 e. The van der Waals surface area contributed by atoms with Crippen LogP contribution in [-0.4, -0.2) is 74.1 Å². The van der Waals surface area contributed by atoms with Crippen molar-refractivity contribution < 1.29 is 28.2 Å². The second-order valence-electron chi connectivity index (χ2n) is 10.7. The van der Waals surface area contributed by atoms with Crippen LogP contribution in [0.15, 0.2) is 40.2 Å². The molecule has 0 aliphatic carbocycles. The monoisotopic (exact) mass is 577 g/mol. The first-order valence-electron chi connectivity index (χ1n) is 13.0. The van der Waals surface area contributed by atoms with Crippen molar-refractivity contribution in [3.8, 4) is 0 Å². The van der Waals surface area contributed by atoms with Gasteiger partial charge in [-0.1, -0.05) is 12.1 Å². The Bertz CT molecular complexity index is 1750. The van der Waals surface area contributed by atoms with Crippen molar-refractivity contribution in [2.75, 3.05) is 13.1 Å². The highest BCUT2D eigenvalue weighted by atomic mass is 19.4. The number of alkyl halides is 3. The van der Waals surface area contributed by atoms with Gasteiger partial charge in [-0.25, -0.2) is 14.8 Å². The first kappa shape index (κ1) is 28.5. The highest BCUT2D eigenvalue weighted by molar-refractivity contribution is 5.77. The Labute approximate surface area is 230 Å². The summed E-state index contributed by atoms with van der Waals surface area (Å²) in [6.45, 7) is 1.04. The molecule has 1 saturated heterocycles. The fourth-order valence-electron chi connectivity index (χ4n) is 5.67. The van der Waals surface area contributed by atoms with Gasteiger partial charge in [-0.15, -0.1) is 0 Å². The van der Waals surface area contributed by atoms with E-state index in [9.17, 15) is 37.8 Å². The maximum atomic E-state index is 13.6. The number of hydrogen-bond acceptors (Lipinski definition) is 7. The van der Waals surface area contributed by atoms with Crippen molar-refractivity contribution in [3.63, 3.8) is 0 Å². The van der Waals surface area contributed by atoms with Crippen molar-refractivity contribution in [2.24, 2.45) is 14.1 Å². The minimum Gasteiger partial charge on any atom is -0.391 e. The number of carbonyl (C=O) groups is 1. The Morgan fingerprint density at radius 1 is 1.17 bits per heavy atom. The van der Waals surface area contributed by atoms with Crippen LogP contribution in [0.3, 0.4) is 0 Å². The zero-order valence-corrected chi connectivity index (χ0v) is 22.7. The zero-order chi connectivity index (χ0) is 29.9. The molecule has 0 unspecified atom stereocenters. The smallest absolute Gasteiger partial charge is 0.391 e. The number of β-amino-alcohol motifs (C(OH)–C–C–N with tert-alkyl or cyclic N) is 2. The molecule has 4 aromatic rings. The van der Waals surface area contributed by atoms with Gasteiger partial charge in [-0.2, -0.15) is 13.2 Å². The molecule has 0 radical (unpaired) electrons. The molecule has 4 heterocycles. The number of imidazole rings is 2. The number of benzene rings is 1. The van der Waals surface area contributed by atoms with Gasteiger partial charge in [0.15, 0.2) is 11.2 Å². The minimum atomic E-state index is -4.67. The number of para-hydroxylation sites is 2. The number of aliphatic hydroxyl groups excluding tert-OH is 1. The number of nitrogens with zero attached hydrogens (tertiary/aromatic N) is 7. The molecule has 0 spiro atoms. The van der Waals surface area contributed by atoms with Crippen LogP contribution in [0.1, 0.15) is 38.1 Å². The van der Waals surface area contributed by atoms with Gasteiger partial charge in [0.25, 0.3) is 5.56 Å². The van der Waals surface area contributed by atoms with Crippen molar-refractivity contribution in [3.05, 3.63) is 57.3 Å². The molecule has 1 amide bonds. The molecule has 3 aromatic heterocycles. The molecule has 2 N–H and O–H groups in total. The number of aryl methyl sites for hydroxylation is 2. The topological polar surface area (TPSA) is 140 Å². The predicted molar refractivity (Wildman–Crippen MR) is 141 cm³/mol. The Morgan fingerprint density at radius 3 is 2.59 bits per heavy atom. The van der Waals surface area contributed by atoms with Gasteiger partial charge < -0.3 is 24.2 Å². The number of fused-ring (bicyclic) bond motifs is 2. The second-order valence-corrected chi connectivity index (χ2v) is 10.7. The van der Waals surface area contributed by atoms with Crippen LogP contribution in [0, 0.1) is 0 Å². The Balaban J connectivity index is 1.36. The normalized spacial score (nSPS) is 22.0. The number of carbonyl (C=O) groups excluding carboxylic acids is 1. The van der Waals surface area contributed by atoms with Gasteiger partial charge in [0.2, 0.25) is 11.7 Å². The lowest BCUT2D eigenvalue weighted by Gasteiger charge is -2.34. The number of aliphatic hydroxyl groups is 2. The molecular weight excluding hydrogens is 547 g/mol. The van der Waals surface area contributed by atoms with E-state index in [4.69, 9.17) is 0 Å². The van der Waals surface area contributed by atoms with Crippen LogP contribution in [0.5, 0.6) is 0 Å². The van der Waals surface area contributed by atoms with Gasteiger partial charge >= 0.3 is 11.9 Å². The van der Waals surface area contributed by atoms with E-state index in [0.717, 1.165) is 9.13 Å². The van der Waals surface area contributed by atoms with Crippen LogP contribution < -0.4 is 11.2 Å². The van der Waals surface area contributed by atoms with E-state index in [0.29, 0.717) is 5.52 Å². The molecule has 15 heteroatoms. The van der Waals surface area contributed by atoms with E-state index in [1.807, 2.05) is 0 Å². The highest BCUT2D eigenvalue weighted by Crippen LogP contribution is 2.34. The minimum absolute atomic E-state index is 0.0236. The van der Waals surface area contributed by atoms with Gasteiger partial charge in [-0.3, -0.25) is 18.7 Å². The van der Waals surface area contributed by atoms with Crippen LogP contribution in [0.4, 0.5) is 13.2 Å². The number of halogens is 3. The predicted octanol–water partition coefficient (Wildman–Crippen LogP) is 1.17. The van der Waals surface area contributed by atoms with Crippen molar-refractivity contribution in [2.45, 2.75) is 56.7 Å². The number of rotatable bonds is 5. The zero-order valence-electron chi connectivity index (χ0n) is 22.7. The molecule has 12 nitrogen and oxygen atoms in total. The summed E-state index contributed by atoms with van der Waals surface area (Å²) in [6.07, 6.45) is -4.52. The van der Waals surface area contributed by atoms with E-state index < -0.39 is 46.9 Å². The lowest BCUT2D eigenvalue weighted by Crippen LogP contribution is -2.47. The summed E-state index contributed by atoms with van der Waals surface area (Å²) >= 11 is 0. The third-order valence-corrected chi connectivity index (χ3v) is 7.70. The molecular formula is C26H30F3N7O5. The van der Waals surface area contributed by atoms with E-state index >= 15 is 0 Å². The summed E-state index contributed by atoms with van der Waals surface area (Å²) in [4.78, 5) is 47.7. The summed E-state index contributed by atoms with van der Waals surface area (Å²) in [5, 5.41) is 22.3. The quantitative estimate of drug-likeness (QED) is 0.363. The highest BCUT2D eigenvalue weighted by Gasteiger charge is 2.42. The van der Waals surface area contributed by atoms with Gasteiger partial charge in [0.1, 0.15) is 5.60 Å². The van der Waals surface area contributed by atoms with Gasteiger partial charge in [-0.05, 0) is 31.9 Å². The van der Waals surface area contributed by atoms with Crippen LogP contribution in [-0.2, 0) is 31.6 Å². The van der Waals surface area contributed by atoms with Crippen LogP contribution in [0.2, 0.25) is 0 Å². The second kappa shape index (κ2) is 10.1. The number of amides is 1. The summed E-state index contributed by atoms with van der Waals surface area (Å²) in [5.41, 5.74) is -2.13. The Morgan fingerprint density at radius 2 is 1.88 bits per heavy atom. The van der Waals surface area contributed by atoms with Crippen molar-refractivity contribution in [1.29, 1.82) is 0 Å². The summed E-state index contributed by atoms with van der Waals surface area (Å²) in [5.74, 6) is -1.49. The third kappa shape index (κ3) is 5.03. The maximum Gasteiger partial charge on any atom is 0.449 e. The molecule has 220 valence electrons. The fraction of sp³-hybridized carbons (Fsp3) is 0.500. The van der Waals surface area contributed by atoms with Crippen molar-refractivity contribution >= 4 is 28.1 Å². The Hall–Kier alpha value is -3.98. The van der Waals surface area contributed by atoms with E-state index in [1.54, 1.807) is 12.1 Å². The standard InChI is InChI=1S/C26H30F3N7O5/c1-25(41)13-34(19(38)9-6-10-35-17-8-5-4-7-16(17)31-23(35)26(27,28)29)12-15(37)11-18(25)36-14-30-21-20(36)22(39)33(3)24(40)32(21)2/h4-5,7-8,14-15,18,37,41H,6,9-13H2,1-3H3/t15-,18-,25-/m1/s1. The lowest BCUT2D eigenvalue weighted by molar-refractivity contribution is -0.147.